The van der Waals surface area contributed by atoms with Gasteiger partial charge in [-0.25, -0.2) is 0 Å². The van der Waals surface area contributed by atoms with E-state index in [0.29, 0.717) is 0 Å². The van der Waals surface area contributed by atoms with Gasteiger partial charge in [0, 0.05) is 38.1 Å². The van der Waals surface area contributed by atoms with Gasteiger partial charge in [-0.15, -0.1) is 0 Å². The first-order valence-corrected chi connectivity index (χ1v) is 5.35. The minimum Gasteiger partial charge on any atom is -0.399 e. The predicted molar refractivity (Wildman–Crippen MR) is 59.4 cm³/mol. The van der Waals surface area contributed by atoms with E-state index in [0.717, 1.165) is 50.7 Å². The molecule has 1 aliphatic heterocycles. The second kappa shape index (κ2) is 5.09. The smallest absolute Gasteiger partial charge is 0.0593 e. The Balaban J connectivity index is 1.95. The number of nitrogen functional groups attached to an aromatic ring is 1. The third kappa shape index (κ3) is 3.18. The van der Waals surface area contributed by atoms with Crippen molar-refractivity contribution in [2.24, 2.45) is 0 Å². The van der Waals surface area contributed by atoms with Crippen LogP contribution in [0.2, 0.25) is 0 Å². The lowest BCUT2D eigenvalue weighted by Gasteiger charge is -2.18. The average molecular weight is 207 g/mol. The van der Waals surface area contributed by atoms with Gasteiger partial charge in [0.25, 0.3) is 0 Å². The van der Waals surface area contributed by atoms with Gasteiger partial charge < -0.3 is 10.5 Å². The molecule has 2 heterocycles. The Labute approximate surface area is 90.0 Å². The maximum atomic E-state index is 5.71. The van der Waals surface area contributed by atoms with Crippen molar-refractivity contribution in [3.05, 3.63) is 24.0 Å². The molecular formula is C11H17N3O. The molecule has 1 aromatic rings. The molecule has 0 amide bonds. The molecule has 2 rings (SSSR count). The first kappa shape index (κ1) is 10.4. The Kier molecular flexibility index (Phi) is 3.53. The number of rotatable bonds is 2. The number of pyridine rings is 1. The zero-order valence-corrected chi connectivity index (χ0v) is 8.85. The van der Waals surface area contributed by atoms with Crippen LogP contribution in [0.3, 0.4) is 0 Å². The topological polar surface area (TPSA) is 51.4 Å². The van der Waals surface area contributed by atoms with Crippen LogP contribution >= 0.6 is 0 Å². The fourth-order valence-electron chi connectivity index (χ4n) is 1.77. The Morgan fingerprint density at radius 3 is 3.20 bits per heavy atom. The zero-order valence-electron chi connectivity index (χ0n) is 8.85. The summed E-state index contributed by atoms with van der Waals surface area (Å²) in [5.74, 6) is 0. The van der Waals surface area contributed by atoms with Crippen molar-refractivity contribution in [1.29, 1.82) is 0 Å². The maximum absolute atomic E-state index is 5.71. The number of aromatic nitrogens is 1. The summed E-state index contributed by atoms with van der Waals surface area (Å²) in [6, 6.07) is 3.75. The van der Waals surface area contributed by atoms with Crippen LogP contribution in [0.25, 0.3) is 0 Å². The summed E-state index contributed by atoms with van der Waals surface area (Å²) in [7, 11) is 0. The molecule has 4 heteroatoms. The molecule has 82 valence electrons. The summed E-state index contributed by atoms with van der Waals surface area (Å²) in [6.07, 6.45) is 2.86. The molecule has 0 aromatic carbocycles. The van der Waals surface area contributed by atoms with Gasteiger partial charge in [0.2, 0.25) is 0 Å². The molecule has 4 nitrogen and oxygen atoms in total. The number of nitrogens with two attached hydrogens (primary N) is 1. The van der Waals surface area contributed by atoms with Gasteiger partial charge in [0.15, 0.2) is 0 Å². The van der Waals surface area contributed by atoms with Crippen molar-refractivity contribution >= 4 is 5.69 Å². The second-order valence-electron chi connectivity index (χ2n) is 3.82. The molecular weight excluding hydrogens is 190 g/mol. The largest absolute Gasteiger partial charge is 0.399 e. The highest BCUT2D eigenvalue weighted by Gasteiger charge is 2.09. The molecule has 0 radical (unpaired) electrons. The molecule has 1 aliphatic rings. The van der Waals surface area contributed by atoms with Crippen molar-refractivity contribution in [1.82, 2.24) is 9.88 Å². The molecule has 0 atom stereocenters. The zero-order chi connectivity index (χ0) is 10.5. The Morgan fingerprint density at radius 2 is 2.33 bits per heavy atom. The van der Waals surface area contributed by atoms with Gasteiger partial charge in [-0.3, -0.25) is 9.88 Å². The Bertz CT molecular complexity index is 308. The van der Waals surface area contributed by atoms with Crippen LogP contribution in [0.5, 0.6) is 0 Å². The normalized spacial score (nSPS) is 18.7. The van der Waals surface area contributed by atoms with Gasteiger partial charge in [0.1, 0.15) is 0 Å². The lowest BCUT2D eigenvalue weighted by Crippen LogP contribution is -2.26. The van der Waals surface area contributed by atoms with E-state index in [4.69, 9.17) is 10.5 Å². The monoisotopic (exact) mass is 207 g/mol. The van der Waals surface area contributed by atoms with Crippen LogP contribution in [0.1, 0.15) is 12.1 Å². The quantitative estimate of drug-likeness (QED) is 0.782. The molecule has 1 aromatic heterocycles. The van der Waals surface area contributed by atoms with Crippen LogP contribution < -0.4 is 5.73 Å². The van der Waals surface area contributed by atoms with Gasteiger partial charge in [0.05, 0.1) is 12.3 Å². The van der Waals surface area contributed by atoms with E-state index in [1.807, 2.05) is 12.1 Å². The molecule has 2 N–H and O–H groups in total. The van der Waals surface area contributed by atoms with Gasteiger partial charge in [-0.05, 0) is 18.6 Å². The summed E-state index contributed by atoms with van der Waals surface area (Å²) < 4.78 is 5.40. The summed E-state index contributed by atoms with van der Waals surface area (Å²) in [5.41, 5.74) is 7.53. The van der Waals surface area contributed by atoms with E-state index in [2.05, 4.69) is 9.88 Å². The first-order valence-electron chi connectivity index (χ1n) is 5.35. The lowest BCUT2D eigenvalue weighted by molar-refractivity contribution is 0.140. The Hall–Kier alpha value is -1.13. The highest BCUT2D eigenvalue weighted by Crippen LogP contribution is 2.08. The minimum absolute atomic E-state index is 0.783. The third-order valence-corrected chi connectivity index (χ3v) is 2.54. The van der Waals surface area contributed by atoms with Crippen LogP contribution in [0.4, 0.5) is 5.69 Å². The maximum Gasteiger partial charge on any atom is 0.0593 e. The number of hydrogen-bond donors (Lipinski definition) is 1. The molecule has 0 saturated carbocycles. The van der Waals surface area contributed by atoms with E-state index in [-0.39, 0.29) is 0 Å². The first-order chi connectivity index (χ1) is 7.34. The fraction of sp³-hybridized carbons (Fsp3) is 0.545. The van der Waals surface area contributed by atoms with Crippen LogP contribution in [0.15, 0.2) is 18.3 Å². The van der Waals surface area contributed by atoms with Crippen molar-refractivity contribution in [3.8, 4) is 0 Å². The van der Waals surface area contributed by atoms with Gasteiger partial charge in [-0.2, -0.15) is 0 Å². The highest BCUT2D eigenvalue weighted by molar-refractivity contribution is 5.37. The molecule has 1 saturated heterocycles. The minimum atomic E-state index is 0.783. The molecule has 0 aliphatic carbocycles. The molecule has 0 unspecified atom stereocenters. The summed E-state index contributed by atoms with van der Waals surface area (Å²) in [4.78, 5) is 6.66. The van der Waals surface area contributed by atoms with E-state index in [1.165, 1.54) is 0 Å². The van der Waals surface area contributed by atoms with Crippen LogP contribution in [0, 0.1) is 0 Å². The molecule has 1 fully saturated rings. The van der Waals surface area contributed by atoms with Gasteiger partial charge >= 0.3 is 0 Å². The summed E-state index contributed by atoms with van der Waals surface area (Å²) in [6.45, 7) is 4.63. The third-order valence-electron chi connectivity index (χ3n) is 2.54. The van der Waals surface area contributed by atoms with Crippen molar-refractivity contribution in [2.75, 3.05) is 32.0 Å². The van der Waals surface area contributed by atoms with E-state index in [1.54, 1.807) is 6.20 Å². The number of anilines is 1. The second-order valence-corrected chi connectivity index (χ2v) is 3.82. The summed E-state index contributed by atoms with van der Waals surface area (Å²) >= 11 is 0. The SMILES string of the molecule is Nc1ccnc(CN2CCCOCC2)c1. The van der Waals surface area contributed by atoms with Crippen molar-refractivity contribution in [2.45, 2.75) is 13.0 Å². The highest BCUT2D eigenvalue weighted by atomic mass is 16.5. The molecule has 0 bridgehead atoms. The van der Waals surface area contributed by atoms with Crippen LogP contribution in [-0.2, 0) is 11.3 Å². The lowest BCUT2D eigenvalue weighted by atomic mass is 10.3. The number of hydrogen-bond acceptors (Lipinski definition) is 4. The Morgan fingerprint density at radius 1 is 1.40 bits per heavy atom. The van der Waals surface area contributed by atoms with Gasteiger partial charge in [-0.1, -0.05) is 0 Å². The van der Waals surface area contributed by atoms with Crippen molar-refractivity contribution < 1.29 is 4.74 Å². The van der Waals surface area contributed by atoms with Crippen molar-refractivity contribution in [3.63, 3.8) is 0 Å². The van der Waals surface area contributed by atoms with E-state index < -0.39 is 0 Å². The standard InChI is InChI=1S/C11H17N3O/c12-10-2-3-13-11(8-10)9-14-4-1-6-15-7-5-14/h2-3,8H,1,4-7,9H2,(H2,12,13). The van der Waals surface area contributed by atoms with E-state index >= 15 is 0 Å². The van der Waals surface area contributed by atoms with Crippen LogP contribution in [-0.4, -0.2) is 36.2 Å². The number of ether oxygens (including phenoxy) is 1. The molecule has 0 spiro atoms. The van der Waals surface area contributed by atoms with E-state index in [9.17, 15) is 0 Å². The number of nitrogens with zero attached hydrogens (tertiary/aromatic N) is 2. The fourth-order valence-corrected chi connectivity index (χ4v) is 1.77. The summed E-state index contributed by atoms with van der Waals surface area (Å²) in [5, 5.41) is 0. The average Bonchev–Trinajstić information content (AvgIpc) is 2.46. The molecule has 15 heavy (non-hydrogen) atoms. The predicted octanol–water partition coefficient (Wildman–Crippen LogP) is 0.886.